The maximum absolute atomic E-state index is 10.1. The van der Waals surface area contributed by atoms with Crippen LogP contribution in [0.5, 0.6) is 0 Å². The normalized spacial score (nSPS) is 20.1. The summed E-state index contributed by atoms with van der Waals surface area (Å²) in [5, 5.41) is 126. The third-order valence-electron chi connectivity index (χ3n) is 3.69. The molecule has 0 aliphatic heterocycles. The molecule has 0 spiro atoms. The Morgan fingerprint density at radius 2 is 0.750 bits per heavy atom. The maximum atomic E-state index is 10.1. The van der Waals surface area contributed by atoms with E-state index in [2.05, 4.69) is 0 Å². The molecule has 0 bridgehead atoms. The Morgan fingerprint density at radius 3 is 0.906 bits per heavy atom. The number of aliphatic hydroxyl groups excluding tert-OH is 12. The van der Waals surface area contributed by atoms with Gasteiger partial charge in [-0.3, -0.25) is 0 Å². The molecule has 0 aromatic heterocycles. The topological polar surface area (TPSA) is 355 Å². The summed E-state index contributed by atoms with van der Waals surface area (Å²) in [5.41, 5.74) is 0. The molecular weight excluding hydrogens is 480 g/mol. The van der Waals surface area contributed by atoms with Gasteiger partial charge in [-0.1, -0.05) is 0 Å². The molecule has 0 rings (SSSR count). The summed E-state index contributed by atoms with van der Waals surface area (Å²) in [4.78, 5) is 20.2. The number of aliphatic carboxylic acids is 2. The average molecular weight is 508 g/mol. The quantitative estimate of drug-likeness (QED) is 0.109. The SMILES string of the molecule is O.O=C([O-])[C@@H](O)[C@H](O)[C@@H](O)[C@H](O)[C@H](O)CO.O=C([O-])[C@@H](O)[C@H](O)[C@@H](O)[C@H](O)[C@H](O)CO.[Ca+2]. The van der Waals surface area contributed by atoms with E-state index in [1.807, 2.05) is 0 Å². The zero-order valence-electron chi connectivity index (χ0n) is 16.4. The Morgan fingerprint density at radius 1 is 0.531 bits per heavy atom. The summed E-state index contributed by atoms with van der Waals surface area (Å²) in [6.07, 6.45) is -21.0. The fraction of sp³-hybridized carbons (Fsp3) is 0.857. The minimum absolute atomic E-state index is 0. The van der Waals surface area contributed by atoms with Gasteiger partial charge in [0.15, 0.2) is 0 Å². The number of rotatable bonds is 12. The van der Waals surface area contributed by atoms with Gasteiger partial charge in [0.2, 0.25) is 0 Å². The van der Waals surface area contributed by atoms with Crippen molar-refractivity contribution in [2.75, 3.05) is 13.2 Å². The number of carboxylic acid groups (broad SMARTS) is 2. The number of carbonyl (C=O) groups excluding carboxylic acids is 2. The molecule has 17 nitrogen and oxygen atoms in total. The van der Waals surface area contributed by atoms with Crippen molar-refractivity contribution in [1.29, 1.82) is 0 Å². The monoisotopic (exact) mass is 508 g/mol. The third-order valence-corrected chi connectivity index (χ3v) is 3.69. The van der Waals surface area contributed by atoms with Crippen molar-refractivity contribution in [2.24, 2.45) is 0 Å². The smallest absolute Gasteiger partial charge is 0.547 e. The molecule has 0 aromatic carbocycles. The largest absolute Gasteiger partial charge is 2.00 e. The first-order valence-corrected chi connectivity index (χ1v) is 8.09. The summed E-state index contributed by atoms with van der Waals surface area (Å²) in [6, 6.07) is 0. The van der Waals surface area contributed by atoms with Crippen LogP contribution in [0, 0.1) is 0 Å². The number of hydrogen-bond donors (Lipinski definition) is 12. The molecule has 0 heterocycles. The van der Waals surface area contributed by atoms with Crippen molar-refractivity contribution < 1.29 is 86.6 Å². The van der Waals surface area contributed by atoms with Crippen LogP contribution in [0.15, 0.2) is 0 Å². The first kappa shape index (κ1) is 38.9. The minimum Gasteiger partial charge on any atom is -0.547 e. The van der Waals surface area contributed by atoms with Gasteiger partial charge < -0.3 is 86.6 Å². The van der Waals surface area contributed by atoms with Gasteiger partial charge in [0, 0.05) is 0 Å². The molecule has 14 N–H and O–H groups in total. The van der Waals surface area contributed by atoms with E-state index in [1.165, 1.54) is 0 Å². The molecule has 0 amide bonds. The molecule has 0 saturated carbocycles. The summed E-state index contributed by atoms with van der Waals surface area (Å²) in [5.74, 6) is -4.07. The van der Waals surface area contributed by atoms with Crippen LogP contribution in [-0.4, -0.2) is 191 Å². The van der Waals surface area contributed by atoms with E-state index < -0.39 is 86.2 Å². The van der Waals surface area contributed by atoms with Gasteiger partial charge in [0.25, 0.3) is 0 Å². The fourth-order valence-electron chi connectivity index (χ4n) is 1.73. The molecule has 188 valence electrons. The van der Waals surface area contributed by atoms with Crippen LogP contribution in [0.3, 0.4) is 0 Å². The van der Waals surface area contributed by atoms with Crippen LogP contribution in [0.4, 0.5) is 0 Å². The Bertz CT molecular complexity index is 466. The van der Waals surface area contributed by atoms with Gasteiger partial charge in [-0.15, -0.1) is 0 Å². The van der Waals surface area contributed by atoms with Crippen molar-refractivity contribution in [1.82, 2.24) is 0 Å². The summed E-state index contributed by atoms with van der Waals surface area (Å²) in [6.45, 7) is -1.79. The molecular formula is C14H28CaO17. The second-order valence-electron chi connectivity index (χ2n) is 5.97. The minimum atomic E-state index is -2.40. The molecule has 18 heteroatoms. The second-order valence-corrected chi connectivity index (χ2v) is 5.97. The number of carboxylic acids is 2. The van der Waals surface area contributed by atoms with Crippen LogP contribution in [-0.2, 0) is 9.59 Å². The van der Waals surface area contributed by atoms with Crippen molar-refractivity contribution in [3.05, 3.63) is 0 Å². The number of aliphatic hydroxyl groups is 12. The van der Waals surface area contributed by atoms with Crippen molar-refractivity contribution >= 4 is 49.7 Å². The first-order chi connectivity index (χ1) is 13.6. The third kappa shape index (κ3) is 12.8. The second kappa shape index (κ2) is 19.0. The van der Waals surface area contributed by atoms with Crippen molar-refractivity contribution in [3.8, 4) is 0 Å². The van der Waals surface area contributed by atoms with Gasteiger partial charge >= 0.3 is 37.7 Å². The molecule has 0 aliphatic carbocycles. The Hall–Kier alpha value is -0.320. The zero-order chi connectivity index (χ0) is 24.3. The van der Waals surface area contributed by atoms with E-state index in [9.17, 15) is 19.8 Å². The van der Waals surface area contributed by atoms with E-state index in [1.54, 1.807) is 0 Å². The van der Waals surface area contributed by atoms with Gasteiger partial charge in [0.1, 0.15) is 61.0 Å². The van der Waals surface area contributed by atoms with E-state index in [0.717, 1.165) is 0 Å². The van der Waals surface area contributed by atoms with Crippen molar-refractivity contribution in [3.63, 3.8) is 0 Å². The fourth-order valence-corrected chi connectivity index (χ4v) is 1.73. The number of carbonyl (C=O) groups is 2. The van der Waals surface area contributed by atoms with Gasteiger partial charge in [-0.05, 0) is 0 Å². The molecule has 0 aromatic rings. The molecule has 0 saturated heterocycles. The van der Waals surface area contributed by atoms with Crippen LogP contribution in [0.1, 0.15) is 0 Å². The maximum Gasteiger partial charge on any atom is 2.00 e. The molecule has 0 fully saturated rings. The van der Waals surface area contributed by atoms with E-state index in [-0.39, 0.29) is 43.2 Å². The Labute approximate surface area is 210 Å². The van der Waals surface area contributed by atoms with Crippen LogP contribution >= 0.6 is 0 Å². The molecule has 0 aliphatic rings. The summed E-state index contributed by atoms with van der Waals surface area (Å²) in [7, 11) is 0. The first-order valence-electron chi connectivity index (χ1n) is 8.09. The van der Waals surface area contributed by atoms with E-state index in [0.29, 0.717) is 0 Å². The predicted molar refractivity (Wildman–Crippen MR) is 93.6 cm³/mol. The molecule has 0 unspecified atom stereocenters. The van der Waals surface area contributed by atoms with Gasteiger partial charge in [-0.2, -0.15) is 0 Å². The molecule has 32 heavy (non-hydrogen) atoms. The average Bonchev–Trinajstić information content (AvgIpc) is 2.73. The molecule has 10 atom stereocenters. The zero-order valence-corrected chi connectivity index (χ0v) is 18.6. The van der Waals surface area contributed by atoms with Crippen molar-refractivity contribution in [2.45, 2.75) is 61.0 Å². The Balaban J connectivity index is -0.000000231. The van der Waals surface area contributed by atoms with Crippen LogP contribution in [0.2, 0.25) is 0 Å². The van der Waals surface area contributed by atoms with Gasteiger partial charge in [-0.25, -0.2) is 0 Å². The summed E-state index contributed by atoms with van der Waals surface area (Å²) >= 11 is 0. The van der Waals surface area contributed by atoms with Gasteiger partial charge in [0.05, 0.1) is 25.2 Å². The molecule has 0 radical (unpaired) electrons. The van der Waals surface area contributed by atoms with E-state index >= 15 is 0 Å². The Kier molecular flexibility index (Phi) is 23.2. The number of hydrogen-bond acceptors (Lipinski definition) is 16. The predicted octanol–water partition coefficient (Wildman–Crippen LogP) is -12.1. The summed E-state index contributed by atoms with van der Waals surface area (Å²) < 4.78 is 0. The van der Waals surface area contributed by atoms with Crippen LogP contribution in [0.25, 0.3) is 0 Å². The van der Waals surface area contributed by atoms with E-state index in [4.69, 9.17) is 61.3 Å². The van der Waals surface area contributed by atoms with Crippen LogP contribution < -0.4 is 10.2 Å². The standard InChI is InChI=1S/2C7H14O8.Ca.H2O/c2*8-1-2(9)3(10)4(11)5(12)6(13)7(14)15;;/h2*2-6,8-13H,1H2,(H,14,15);;1H2/q;;+2;/p-2/t2*2-,3-,4+,5-,6+;;/m11../s1.